The smallest absolute Gasteiger partial charge is 0.328 e. The number of fused-ring (bicyclic) bond motifs is 1. The number of aryl methyl sites for hydroxylation is 1. The van der Waals surface area contributed by atoms with E-state index in [0.29, 0.717) is 39.1 Å². The van der Waals surface area contributed by atoms with Crippen molar-refractivity contribution in [3.05, 3.63) is 98.6 Å². The average Bonchev–Trinajstić information content (AvgIpc) is 2.79. The van der Waals surface area contributed by atoms with E-state index in [-0.39, 0.29) is 13.2 Å². The van der Waals surface area contributed by atoms with Crippen LogP contribution in [0, 0.1) is 24.1 Å². The van der Waals surface area contributed by atoms with Crippen LogP contribution in [0.2, 0.25) is 0 Å². The van der Waals surface area contributed by atoms with Crippen molar-refractivity contribution < 1.29 is 13.9 Å². The zero-order chi connectivity index (χ0) is 22.7. The molecule has 0 aliphatic heterocycles. The Morgan fingerprint density at radius 2 is 1.81 bits per heavy atom. The third-order valence-corrected chi connectivity index (χ3v) is 4.99. The molecule has 8 heteroatoms. The Morgan fingerprint density at radius 3 is 2.56 bits per heavy atom. The molecule has 0 amide bonds. The molecule has 160 valence electrons. The fourth-order valence-corrected chi connectivity index (χ4v) is 3.32. The van der Waals surface area contributed by atoms with Gasteiger partial charge in [0, 0.05) is 23.7 Å². The van der Waals surface area contributed by atoms with E-state index in [0.717, 1.165) is 0 Å². The molecule has 0 aliphatic carbocycles. The Balaban J connectivity index is 1.58. The molecule has 0 atom stereocenters. The first kappa shape index (κ1) is 20.9. The summed E-state index contributed by atoms with van der Waals surface area (Å²) in [7, 11) is 0. The van der Waals surface area contributed by atoms with Crippen LogP contribution in [0.4, 0.5) is 4.39 Å². The quantitative estimate of drug-likeness (QED) is 0.500. The normalized spacial score (nSPS) is 10.7. The first-order valence-electron chi connectivity index (χ1n) is 9.78. The van der Waals surface area contributed by atoms with Gasteiger partial charge in [0.1, 0.15) is 18.2 Å². The van der Waals surface area contributed by atoms with Gasteiger partial charge < -0.3 is 9.47 Å². The van der Waals surface area contributed by atoms with Crippen molar-refractivity contribution in [2.75, 3.05) is 6.61 Å². The maximum atomic E-state index is 14.7. The molecule has 1 N–H and O–H groups in total. The van der Waals surface area contributed by atoms with Crippen LogP contribution < -0.4 is 20.7 Å². The molecule has 0 unspecified atom stereocenters. The summed E-state index contributed by atoms with van der Waals surface area (Å²) in [5.41, 5.74) is 0.127. The lowest BCUT2D eigenvalue weighted by atomic mass is 10.0. The van der Waals surface area contributed by atoms with Crippen molar-refractivity contribution in [3.63, 3.8) is 0 Å². The highest BCUT2D eigenvalue weighted by Crippen LogP contribution is 2.36. The lowest BCUT2D eigenvalue weighted by Gasteiger charge is -2.15. The highest BCUT2D eigenvalue weighted by atomic mass is 19.1. The molecule has 0 saturated carbocycles. The van der Waals surface area contributed by atoms with Crippen LogP contribution in [0.15, 0.2) is 70.4 Å². The lowest BCUT2D eigenvalue weighted by Crippen LogP contribution is -2.30. The number of rotatable bonds is 6. The second kappa shape index (κ2) is 8.78. The van der Waals surface area contributed by atoms with E-state index in [9.17, 15) is 14.0 Å². The average molecular weight is 431 g/mol. The maximum Gasteiger partial charge on any atom is 0.328 e. The van der Waals surface area contributed by atoms with Gasteiger partial charge in [-0.05, 0) is 42.1 Å². The highest BCUT2D eigenvalue weighted by Gasteiger charge is 2.14. The summed E-state index contributed by atoms with van der Waals surface area (Å²) in [5.74, 6) is 0.634. The molecule has 32 heavy (non-hydrogen) atoms. The van der Waals surface area contributed by atoms with E-state index >= 15 is 0 Å². The second-order valence-electron chi connectivity index (χ2n) is 7.05. The SMILES string of the molecule is Cc1c(Oc2ccccc2OCCn2ccc(=O)[nH]c2=O)cc(F)c2ccc(C#N)cc12. The number of benzene rings is 3. The van der Waals surface area contributed by atoms with E-state index < -0.39 is 17.1 Å². The predicted octanol–water partition coefficient (Wildman–Crippen LogP) is 3.88. The molecule has 4 rings (SSSR count). The van der Waals surface area contributed by atoms with E-state index in [1.807, 2.05) is 0 Å². The van der Waals surface area contributed by atoms with Gasteiger partial charge in [-0.3, -0.25) is 14.3 Å². The summed E-state index contributed by atoms with van der Waals surface area (Å²) >= 11 is 0. The minimum absolute atomic E-state index is 0.142. The Kier molecular flexibility index (Phi) is 5.73. The van der Waals surface area contributed by atoms with Gasteiger partial charge in [0.15, 0.2) is 11.5 Å². The molecule has 0 bridgehead atoms. The van der Waals surface area contributed by atoms with Gasteiger partial charge in [0.05, 0.1) is 18.2 Å². The maximum absolute atomic E-state index is 14.7. The molecule has 3 aromatic carbocycles. The van der Waals surface area contributed by atoms with Crippen LogP contribution in [-0.4, -0.2) is 16.2 Å². The third kappa shape index (κ3) is 4.23. The van der Waals surface area contributed by atoms with E-state index in [1.54, 1.807) is 49.4 Å². The van der Waals surface area contributed by atoms with Gasteiger partial charge in [-0.2, -0.15) is 5.26 Å². The number of aromatic amines is 1. The molecule has 1 heterocycles. The summed E-state index contributed by atoms with van der Waals surface area (Å²) in [6.07, 6.45) is 1.39. The number of nitriles is 1. The molecule has 0 radical (unpaired) electrons. The first-order chi connectivity index (χ1) is 15.5. The minimum atomic E-state index is -0.523. The highest BCUT2D eigenvalue weighted by molar-refractivity contribution is 5.89. The zero-order valence-corrected chi connectivity index (χ0v) is 17.1. The molecule has 0 fully saturated rings. The van der Waals surface area contributed by atoms with Crippen molar-refractivity contribution in [2.24, 2.45) is 0 Å². The number of hydrogen-bond acceptors (Lipinski definition) is 5. The molecule has 0 aliphatic rings. The molecule has 1 aromatic heterocycles. The Morgan fingerprint density at radius 1 is 1.03 bits per heavy atom. The Bertz CT molecular complexity index is 1470. The van der Waals surface area contributed by atoms with Crippen LogP contribution in [-0.2, 0) is 6.54 Å². The molecule has 0 spiro atoms. The van der Waals surface area contributed by atoms with Gasteiger partial charge in [-0.1, -0.05) is 18.2 Å². The van der Waals surface area contributed by atoms with E-state index in [4.69, 9.17) is 14.7 Å². The van der Waals surface area contributed by atoms with Crippen molar-refractivity contribution >= 4 is 10.8 Å². The van der Waals surface area contributed by atoms with Crippen LogP contribution in [0.1, 0.15) is 11.1 Å². The van der Waals surface area contributed by atoms with Gasteiger partial charge >= 0.3 is 5.69 Å². The number of aromatic nitrogens is 2. The summed E-state index contributed by atoms with van der Waals surface area (Å²) in [5, 5.41) is 10.2. The van der Waals surface area contributed by atoms with E-state index in [1.165, 1.54) is 22.9 Å². The van der Waals surface area contributed by atoms with Crippen molar-refractivity contribution in [3.8, 4) is 23.3 Å². The second-order valence-corrected chi connectivity index (χ2v) is 7.05. The molecule has 0 saturated heterocycles. The first-order valence-corrected chi connectivity index (χ1v) is 9.78. The number of nitrogens with zero attached hydrogens (tertiary/aromatic N) is 2. The van der Waals surface area contributed by atoms with Crippen molar-refractivity contribution in [2.45, 2.75) is 13.5 Å². The van der Waals surface area contributed by atoms with Crippen LogP contribution in [0.3, 0.4) is 0 Å². The van der Waals surface area contributed by atoms with Gasteiger partial charge in [0.2, 0.25) is 0 Å². The monoisotopic (exact) mass is 431 g/mol. The minimum Gasteiger partial charge on any atom is -0.488 e. The number of ether oxygens (including phenoxy) is 2. The topological polar surface area (TPSA) is 97.1 Å². The van der Waals surface area contributed by atoms with E-state index in [2.05, 4.69) is 11.1 Å². The van der Waals surface area contributed by atoms with Crippen LogP contribution in [0.25, 0.3) is 10.8 Å². The van der Waals surface area contributed by atoms with Crippen LogP contribution >= 0.6 is 0 Å². The van der Waals surface area contributed by atoms with Gasteiger partial charge in [-0.15, -0.1) is 0 Å². The number of hydrogen-bond donors (Lipinski definition) is 1. The standard InChI is InChI=1S/C24H18FN3O4/c1-15-18-12-16(14-26)6-7-17(18)19(25)13-22(15)32-21-5-3-2-4-20(21)31-11-10-28-9-8-23(29)27-24(28)30/h2-9,12-13H,10-11H2,1H3,(H,27,29,30). The van der Waals surface area contributed by atoms with Gasteiger partial charge in [0.25, 0.3) is 5.56 Å². The Hall–Kier alpha value is -4.38. The Labute approximate surface area is 181 Å². The van der Waals surface area contributed by atoms with Gasteiger partial charge in [-0.25, -0.2) is 9.18 Å². The number of H-pyrrole nitrogens is 1. The largest absolute Gasteiger partial charge is 0.488 e. The molecular weight excluding hydrogens is 413 g/mol. The number of halogens is 1. The third-order valence-electron chi connectivity index (χ3n) is 4.99. The molecule has 4 aromatic rings. The predicted molar refractivity (Wildman–Crippen MR) is 117 cm³/mol. The summed E-state index contributed by atoms with van der Waals surface area (Å²) in [4.78, 5) is 25.1. The molecule has 7 nitrogen and oxygen atoms in total. The van der Waals surface area contributed by atoms with Crippen molar-refractivity contribution in [1.29, 1.82) is 5.26 Å². The fourth-order valence-electron chi connectivity index (χ4n) is 3.32. The number of para-hydroxylation sites is 2. The molecular formula is C24H18FN3O4. The summed E-state index contributed by atoms with van der Waals surface area (Å²) in [6.45, 7) is 2.15. The lowest BCUT2D eigenvalue weighted by molar-refractivity contribution is 0.283. The number of nitrogens with one attached hydrogen (secondary N) is 1. The fraction of sp³-hybridized carbons (Fsp3) is 0.125. The van der Waals surface area contributed by atoms with Crippen molar-refractivity contribution in [1.82, 2.24) is 9.55 Å². The zero-order valence-electron chi connectivity index (χ0n) is 17.1. The summed E-state index contributed by atoms with van der Waals surface area (Å²) in [6, 6.07) is 16.3. The van der Waals surface area contributed by atoms with Crippen LogP contribution in [0.5, 0.6) is 17.2 Å². The summed E-state index contributed by atoms with van der Waals surface area (Å²) < 4.78 is 27.8.